The number of carbonyl (C=O) groups excluding carboxylic acids is 1. The molecule has 1 aromatic heterocycles. The van der Waals surface area contributed by atoms with Crippen LogP contribution in [0.5, 0.6) is 0 Å². The lowest BCUT2D eigenvalue weighted by molar-refractivity contribution is 0.0477. The van der Waals surface area contributed by atoms with Crippen molar-refractivity contribution in [2.75, 3.05) is 5.73 Å². The number of thiophene rings is 1. The van der Waals surface area contributed by atoms with E-state index < -0.39 is 0 Å². The van der Waals surface area contributed by atoms with Crippen molar-refractivity contribution < 1.29 is 9.53 Å². The van der Waals surface area contributed by atoms with E-state index in [1.165, 1.54) is 0 Å². The molecule has 17 heavy (non-hydrogen) atoms. The Morgan fingerprint density at radius 3 is 2.88 bits per heavy atom. The van der Waals surface area contributed by atoms with Crippen molar-refractivity contribution in [3.63, 3.8) is 0 Å². The summed E-state index contributed by atoms with van der Waals surface area (Å²) in [6, 6.07) is 8.83. The summed E-state index contributed by atoms with van der Waals surface area (Å²) in [4.78, 5) is 12.7. The summed E-state index contributed by atoms with van der Waals surface area (Å²) in [6.07, 6.45) is 0. The molecule has 0 saturated heterocycles. The first-order valence-electron chi connectivity index (χ1n) is 4.91. The zero-order valence-corrected chi connectivity index (χ0v) is 11.3. The Balaban J connectivity index is 2.02. The van der Waals surface area contributed by atoms with E-state index in [0.29, 0.717) is 22.3 Å². The number of halogens is 1. The Morgan fingerprint density at radius 2 is 2.24 bits per heavy atom. The van der Waals surface area contributed by atoms with Crippen molar-refractivity contribution in [3.05, 3.63) is 50.6 Å². The number of benzene rings is 1. The van der Waals surface area contributed by atoms with Crippen molar-refractivity contribution in [3.8, 4) is 0 Å². The molecule has 5 heteroatoms. The van der Waals surface area contributed by atoms with Gasteiger partial charge in [0, 0.05) is 15.0 Å². The lowest BCUT2D eigenvalue weighted by Gasteiger charge is -2.04. The van der Waals surface area contributed by atoms with Crippen molar-refractivity contribution in [1.82, 2.24) is 0 Å². The highest BCUT2D eigenvalue weighted by Crippen LogP contribution is 2.21. The van der Waals surface area contributed by atoms with E-state index in [2.05, 4.69) is 15.9 Å². The average molecular weight is 312 g/mol. The van der Waals surface area contributed by atoms with Crippen LogP contribution < -0.4 is 5.73 Å². The largest absolute Gasteiger partial charge is 0.456 e. The van der Waals surface area contributed by atoms with E-state index in [-0.39, 0.29) is 5.97 Å². The van der Waals surface area contributed by atoms with Crippen LogP contribution in [-0.4, -0.2) is 5.97 Å². The van der Waals surface area contributed by atoms with Gasteiger partial charge < -0.3 is 10.5 Å². The molecule has 0 atom stereocenters. The van der Waals surface area contributed by atoms with Gasteiger partial charge in [0.1, 0.15) is 6.61 Å². The fraction of sp³-hybridized carbons (Fsp3) is 0.0833. The fourth-order valence-electron chi connectivity index (χ4n) is 1.27. The minimum atomic E-state index is -0.348. The Bertz CT molecular complexity index is 525. The standard InChI is InChI=1S/C12H10BrNO2S/c13-10-6-8(3-4-11(10)14)12(15)16-7-9-2-1-5-17-9/h1-6H,7,14H2. The summed E-state index contributed by atoms with van der Waals surface area (Å²) in [5.74, 6) is -0.348. The van der Waals surface area contributed by atoms with Crippen molar-refractivity contribution in [1.29, 1.82) is 0 Å². The van der Waals surface area contributed by atoms with Gasteiger partial charge >= 0.3 is 5.97 Å². The topological polar surface area (TPSA) is 52.3 Å². The first kappa shape index (κ1) is 12.1. The lowest BCUT2D eigenvalue weighted by atomic mass is 10.2. The highest BCUT2D eigenvalue weighted by molar-refractivity contribution is 9.10. The summed E-state index contributed by atoms with van der Waals surface area (Å²) in [6.45, 7) is 0.304. The maximum absolute atomic E-state index is 11.7. The molecule has 0 aliphatic rings. The van der Waals surface area contributed by atoms with Crippen LogP contribution >= 0.6 is 27.3 Å². The van der Waals surface area contributed by atoms with Gasteiger partial charge in [0.05, 0.1) is 5.56 Å². The van der Waals surface area contributed by atoms with Crippen LogP contribution in [0, 0.1) is 0 Å². The average Bonchev–Trinajstić information content (AvgIpc) is 2.82. The van der Waals surface area contributed by atoms with Gasteiger partial charge in [-0.1, -0.05) is 6.07 Å². The van der Waals surface area contributed by atoms with Gasteiger partial charge in [0.25, 0.3) is 0 Å². The molecule has 0 bridgehead atoms. The summed E-state index contributed by atoms with van der Waals surface area (Å²) in [7, 11) is 0. The van der Waals surface area contributed by atoms with Gasteiger partial charge in [-0.3, -0.25) is 0 Å². The first-order chi connectivity index (χ1) is 8.16. The molecule has 3 nitrogen and oxygen atoms in total. The van der Waals surface area contributed by atoms with E-state index in [9.17, 15) is 4.79 Å². The van der Waals surface area contributed by atoms with Gasteiger partial charge in [-0.15, -0.1) is 11.3 Å². The zero-order chi connectivity index (χ0) is 12.3. The highest BCUT2D eigenvalue weighted by atomic mass is 79.9. The van der Waals surface area contributed by atoms with E-state index in [4.69, 9.17) is 10.5 Å². The third kappa shape index (κ3) is 3.08. The second kappa shape index (κ2) is 5.33. The van der Waals surface area contributed by atoms with Crippen LogP contribution in [0.2, 0.25) is 0 Å². The number of nitrogen functional groups attached to an aromatic ring is 1. The monoisotopic (exact) mass is 311 g/mol. The number of hydrogen-bond acceptors (Lipinski definition) is 4. The molecule has 88 valence electrons. The summed E-state index contributed by atoms with van der Waals surface area (Å²) in [5, 5.41) is 1.95. The zero-order valence-electron chi connectivity index (χ0n) is 8.85. The minimum Gasteiger partial charge on any atom is -0.456 e. The number of anilines is 1. The molecule has 0 saturated carbocycles. The lowest BCUT2D eigenvalue weighted by Crippen LogP contribution is -2.05. The van der Waals surface area contributed by atoms with E-state index in [1.54, 1.807) is 29.5 Å². The molecule has 0 aliphatic heterocycles. The highest BCUT2D eigenvalue weighted by Gasteiger charge is 2.09. The molecule has 0 unspecified atom stereocenters. The Labute approximate surface area is 111 Å². The number of nitrogens with two attached hydrogens (primary N) is 1. The predicted molar refractivity (Wildman–Crippen MR) is 72.0 cm³/mol. The molecule has 0 radical (unpaired) electrons. The van der Waals surface area contributed by atoms with Gasteiger partial charge in [-0.25, -0.2) is 4.79 Å². The quantitative estimate of drug-likeness (QED) is 0.697. The molecule has 2 aromatic rings. The number of esters is 1. The number of hydrogen-bond donors (Lipinski definition) is 1. The molecule has 2 N–H and O–H groups in total. The second-order valence-electron chi connectivity index (χ2n) is 3.39. The Hall–Kier alpha value is -1.33. The predicted octanol–water partition coefficient (Wildman–Crippen LogP) is 3.45. The first-order valence-corrected chi connectivity index (χ1v) is 6.58. The summed E-state index contributed by atoms with van der Waals surface area (Å²) >= 11 is 4.83. The van der Waals surface area contributed by atoms with Crippen LogP contribution in [-0.2, 0) is 11.3 Å². The Kier molecular flexibility index (Phi) is 3.81. The van der Waals surface area contributed by atoms with Gasteiger partial charge in [0.15, 0.2) is 0 Å². The van der Waals surface area contributed by atoms with Crippen LogP contribution in [0.15, 0.2) is 40.2 Å². The third-order valence-corrected chi connectivity index (χ3v) is 3.70. The molecule has 1 aromatic carbocycles. The van der Waals surface area contributed by atoms with Crippen molar-refractivity contribution in [2.45, 2.75) is 6.61 Å². The summed E-state index contributed by atoms with van der Waals surface area (Å²) in [5.41, 5.74) is 6.73. The molecule has 0 amide bonds. The second-order valence-corrected chi connectivity index (χ2v) is 5.28. The molecule has 0 fully saturated rings. The van der Waals surface area contributed by atoms with E-state index in [0.717, 1.165) is 4.88 Å². The molecular formula is C12H10BrNO2S. The van der Waals surface area contributed by atoms with Crippen LogP contribution in [0.3, 0.4) is 0 Å². The van der Waals surface area contributed by atoms with Gasteiger partial charge in [-0.2, -0.15) is 0 Å². The fourth-order valence-corrected chi connectivity index (χ4v) is 2.26. The molecular weight excluding hydrogens is 302 g/mol. The maximum atomic E-state index is 11.7. The molecule has 0 spiro atoms. The third-order valence-electron chi connectivity index (χ3n) is 2.16. The van der Waals surface area contributed by atoms with Crippen LogP contribution in [0.1, 0.15) is 15.2 Å². The normalized spacial score (nSPS) is 10.2. The molecule has 2 rings (SSSR count). The van der Waals surface area contributed by atoms with E-state index >= 15 is 0 Å². The van der Waals surface area contributed by atoms with Crippen LogP contribution in [0.4, 0.5) is 5.69 Å². The minimum absolute atomic E-state index is 0.304. The Morgan fingerprint density at radius 1 is 1.41 bits per heavy atom. The number of carbonyl (C=O) groups is 1. The smallest absolute Gasteiger partial charge is 0.338 e. The summed E-state index contributed by atoms with van der Waals surface area (Å²) < 4.78 is 5.87. The number of ether oxygens (including phenoxy) is 1. The van der Waals surface area contributed by atoms with Crippen molar-refractivity contribution in [2.24, 2.45) is 0 Å². The molecule has 0 aliphatic carbocycles. The van der Waals surface area contributed by atoms with Crippen molar-refractivity contribution >= 4 is 38.9 Å². The van der Waals surface area contributed by atoms with Crippen LogP contribution in [0.25, 0.3) is 0 Å². The number of rotatable bonds is 3. The molecule has 1 heterocycles. The van der Waals surface area contributed by atoms with E-state index in [1.807, 2.05) is 17.5 Å². The van der Waals surface area contributed by atoms with Gasteiger partial charge in [-0.05, 0) is 45.6 Å². The van der Waals surface area contributed by atoms with Gasteiger partial charge in [0.2, 0.25) is 0 Å². The SMILES string of the molecule is Nc1ccc(C(=O)OCc2cccs2)cc1Br. The maximum Gasteiger partial charge on any atom is 0.338 e.